The fourth-order valence-corrected chi connectivity index (χ4v) is 9.41. The van der Waals surface area contributed by atoms with Crippen LogP contribution >= 0.6 is 0 Å². The quantitative estimate of drug-likeness (QED) is 0.157. The minimum Gasteiger partial charge on any atom is -0.507 e. The van der Waals surface area contributed by atoms with Crippen LogP contribution in [0.2, 0.25) is 0 Å². The van der Waals surface area contributed by atoms with Gasteiger partial charge in [0.2, 0.25) is 0 Å². The highest BCUT2D eigenvalue weighted by Gasteiger charge is 2.24. The maximum atomic E-state index is 11.7. The van der Waals surface area contributed by atoms with Crippen molar-refractivity contribution in [3.63, 3.8) is 0 Å². The molecule has 0 saturated heterocycles. The van der Waals surface area contributed by atoms with Gasteiger partial charge in [0, 0.05) is 27.0 Å². The number of hydrogen-bond donors (Lipinski definition) is 1. The Bertz CT molecular complexity index is 3750. The molecule has 2 aromatic heterocycles. The maximum Gasteiger partial charge on any atom is 0.149 e. The van der Waals surface area contributed by atoms with E-state index in [1.807, 2.05) is 79.0 Å². The highest BCUT2D eigenvalue weighted by atomic mass is 16.3. The van der Waals surface area contributed by atoms with Gasteiger partial charge in [-0.25, -0.2) is 4.98 Å². The lowest BCUT2D eigenvalue weighted by atomic mass is 9.85. The van der Waals surface area contributed by atoms with Crippen molar-refractivity contribution in [2.24, 2.45) is 0 Å². The summed E-state index contributed by atoms with van der Waals surface area (Å²) in [5.41, 5.74) is 17.2. The highest BCUT2D eigenvalue weighted by molar-refractivity contribution is 5.99. The van der Waals surface area contributed by atoms with Crippen LogP contribution in [0.1, 0.15) is 36.0 Å². The van der Waals surface area contributed by atoms with E-state index in [0.29, 0.717) is 22.5 Å². The first kappa shape index (κ1) is 39.6. The second-order valence-electron chi connectivity index (χ2n) is 18.6. The number of nitrogens with zero attached hydrogens (tertiary/aromatic N) is 3. The number of phenolic OH excluding ortho intramolecular Hbond substituents is 1. The van der Waals surface area contributed by atoms with Crippen molar-refractivity contribution in [2.45, 2.75) is 33.0 Å². The largest absolute Gasteiger partial charge is 0.507 e. The van der Waals surface area contributed by atoms with Crippen LogP contribution in [0.5, 0.6) is 5.75 Å². The van der Waals surface area contributed by atoms with Crippen LogP contribution in [-0.2, 0) is 5.41 Å². The lowest BCUT2D eigenvalue weighted by Gasteiger charge is -2.21. The number of imidazole rings is 1. The Hall–Kier alpha value is -8.60. The van der Waals surface area contributed by atoms with Gasteiger partial charge >= 0.3 is 0 Å². The first-order valence-corrected chi connectivity index (χ1v) is 23.4. The van der Waals surface area contributed by atoms with Crippen molar-refractivity contribution in [1.82, 2.24) is 14.5 Å². The Kier molecular flexibility index (Phi) is 10.3. The minimum absolute atomic E-state index is 0.0723. The number of pyridine rings is 1. The lowest BCUT2D eigenvalue weighted by Crippen LogP contribution is -2.10. The number of aromatic hydroxyl groups is 1. The molecular weight excluding hydrogens is 839 g/mol. The predicted molar refractivity (Wildman–Crippen MR) is 287 cm³/mol. The SMILES string of the molecule is [2H]C([2H])([2H])c1cc(-c2ccc(C(C)(C)C)cc2)c(-n2c(-c3ccccc3O)nc3c(-c4cc(-c5ccccc5)cc(-c5cc(-c6ccc(-c7ccccc7)cc6)ccn5)c4)cccc32)cc1-c1ccccc1. The summed E-state index contributed by atoms with van der Waals surface area (Å²) < 4.78 is 28.7. The van der Waals surface area contributed by atoms with Gasteiger partial charge in [-0.05, 0) is 140 Å². The van der Waals surface area contributed by atoms with Crippen molar-refractivity contribution in [3.05, 3.63) is 242 Å². The topological polar surface area (TPSA) is 50.9 Å². The molecule has 2 heterocycles. The number of fused-ring (bicyclic) bond motifs is 1. The molecule has 9 aromatic carbocycles. The van der Waals surface area contributed by atoms with Crippen LogP contribution in [-0.4, -0.2) is 19.6 Å². The smallest absolute Gasteiger partial charge is 0.149 e. The van der Waals surface area contributed by atoms with Gasteiger partial charge in [-0.1, -0.05) is 185 Å². The van der Waals surface area contributed by atoms with Gasteiger partial charge in [0.25, 0.3) is 0 Å². The highest BCUT2D eigenvalue weighted by Crippen LogP contribution is 2.43. The first-order chi connectivity index (χ1) is 34.9. The van der Waals surface area contributed by atoms with Gasteiger partial charge < -0.3 is 5.11 Å². The fraction of sp³-hybridized carbons (Fsp3) is 0.0769. The predicted octanol–water partition coefficient (Wildman–Crippen LogP) is 17.1. The maximum absolute atomic E-state index is 11.7. The van der Waals surface area contributed by atoms with E-state index >= 15 is 0 Å². The lowest BCUT2D eigenvalue weighted by molar-refractivity contribution is 0.477. The molecule has 11 aromatic rings. The molecule has 0 bridgehead atoms. The number of rotatable bonds is 9. The van der Waals surface area contributed by atoms with Gasteiger partial charge in [-0.2, -0.15) is 0 Å². The van der Waals surface area contributed by atoms with Crippen molar-refractivity contribution in [1.29, 1.82) is 0 Å². The summed E-state index contributed by atoms with van der Waals surface area (Å²) >= 11 is 0. The molecule has 0 fully saturated rings. The number of benzene rings is 9. The molecule has 0 saturated carbocycles. The van der Waals surface area contributed by atoms with Gasteiger partial charge in [0.15, 0.2) is 0 Å². The average Bonchev–Trinajstić information content (AvgIpc) is 3.80. The standard InChI is InChI=1S/C65H51N3O/c1-43-37-58(49-31-33-54(34-32-49)65(2,3)4)61(42-57(43)48-21-12-7-13-22-48)68-60-25-16-24-55(63(60)67-64(68)56-23-14-15-26-62(56)69)52-38-51(45-19-10-6-11-20-45)39-53(40-52)59-41-50(35-36-66-59)47-29-27-46(28-30-47)44-17-8-5-9-18-44/h5-42,69H,1-4H3/i1D3. The number of para-hydroxylation sites is 2. The number of aromatic nitrogens is 3. The third-order valence-electron chi connectivity index (χ3n) is 13.1. The van der Waals surface area contributed by atoms with E-state index in [4.69, 9.17) is 14.1 Å². The second-order valence-corrected chi connectivity index (χ2v) is 18.6. The molecule has 0 aliphatic carbocycles. The van der Waals surface area contributed by atoms with Crippen LogP contribution < -0.4 is 0 Å². The van der Waals surface area contributed by atoms with Crippen LogP contribution in [0.25, 0.3) is 106 Å². The Labute approximate surface area is 408 Å². The summed E-state index contributed by atoms with van der Waals surface area (Å²) in [6.45, 7) is 4.11. The number of aryl methyl sites for hydroxylation is 1. The molecule has 0 spiro atoms. The molecular formula is C65H51N3O. The van der Waals surface area contributed by atoms with E-state index in [9.17, 15) is 5.11 Å². The summed E-state index contributed by atoms with van der Waals surface area (Å²) in [6, 6.07) is 75.6. The van der Waals surface area contributed by atoms with Crippen LogP contribution in [0, 0.1) is 6.85 Å². The molecule has 0 aliphatic rings. The summed E-state index contributed by atoms with van der Waals surface area (Å²) in [5.74, 6) is 0.582. The van der Waals surface area contributed by atoms with E-state index in [1.165, 1.54) is 5.56 Å². The zero-order valence-electron chi connectivity index (χ0n) is 41.7. The van der Waals surface area contributed by atoms with Gasteiger partial charge in [-0.15, -0.1) is 0 Å². The van der Waals surface area contributed by atoms with E-state index in [2.05, 4.69) is 165 Å². The molecule has 4 heteroatoms. The van der Waals surface area contributed by atoms with Gasteiger partial charge in [0.05, 0.1) is 28.0 Å². The summed E-state index contributed by atoms with van der Waals surface area (Å²) in [4.78, 5) is 10.5. The van der Waals surface area contributed by atoms with Crippen molar-refractivity contribution >= 4 is 11.0 Å². The number of hydrogen-bond acceptors (Lipinski definition) is 3. The third kappa shape index (κ3) is 8.43. The Morgan fingerprint density at radius 3 is 1.65 bits per heavy atom. The summed E-state index contributed by atoms with van der Waals surface area (Å²) in [5, 5.41) is 11.7. The average molecular weight is 893 g/mol. The number of phenols is 1. The van der Waals surface area contributed by atoms with Crippen molar-refractivity contribution in [3.8, 4) is 101 Å². The molecule has 4 nitrogen and oxygen atoms in total. The molecule has 0 radical (unpaired) electrons. The third-order valence-corrected chi connectivity index (χ3v) is 13.1. The molecule has 11 rings (SSSR count). The molecule has 332 valence electrons. The molecule has 1 N–H and O–H groups in total. The van der Waals surface area contributed by atoms with Crippen LogP contribution in [0.4, 0.5) is 0 Å². The van der Waals surface area contributed by atoms with E-state index in [-0.39, 0.29) is 16.7 Å². The van der Waals surface area contributed by atoms with Crippen molar-refractivity contribution < 1.29 is 9.22 Å². The normalized spacial score (nSPS) is 12.4. The van der Waals surface area contributed by atoms with E-state index in [0.717, 1.165) is 83.7 Å². The van der Waals surface area contributed by atoms with Gasteiger partial charge in [-0.3, -0.25) is 9.55 Å². The minimum atomic E-state index is -2.43. The molecule has 0 atom stereocenters. The first-order valence-electron chi connectivity index (χ1n) is 24.9. The zero-order valence-corrected chi connectivity index (χ0v) is 38.7. The Morgan fingerprint density at radius 1 is 0.435 bits per heavy atom. The molecule has 0 aliphatic heterocycles. The monoisotopic (exact) mass is 892 g/mol. The van der Waals surface area contributed by atoms with Crippen LogP contribution in [0.15, 0.2) is 231 Å². The summed E-state index contributed by atoms with van der Waals surface area (Å²) in [6.07, 6.45) is 1.88. The zero-order chi connectivity index (χ0) is 49.6. The van der Waals surface area contributed by atoms with E-state index < -0.39 is 6.85 Å². The Morgan fingerprint density at radius 2 is 0.986 bits per heavy atom. The van der Waals surface area contributed by atoms with Gasteiger partial charge in [0.1, 0.15) is 11.6 Å². The molecule has 69 heavy (non-hydrogen) atoms. The summed E-state index contributed by atoms with van der Waals surface area (Å²) in [7, 11) is 0. The second kappa shape index (κ2) is 17.9. The van der Waals surface area contributed by atoms with Crippen LogP contribution in [0.3, 0.4) is 0 Å². The Balaban J connectivity index is 1.15. The molecule has 0 unspecified atom stereocenters. The molecule has 0 amide bonds. The van der Waals surface area contributed by atoms with E-state index in [1.54, 1.807) is 12.1 Å². The fourth-order valence-electron chi connectivity index (χ4n) is 9.41. The van der Waals surface area contributed by atoms with Crippen molar-refractivity contribution in [2.75, 3.05) is 0 Å².